The molecule has 6 heteroatoms. The van der Waals surface area contributed by atoms with E-state index in [4.69, 9.17) is 10.2 Å². The zero-order chi connectivity index (χ0) is 12.3. The highest BCUT2D eigenvalue weighted by atomic mass is 16.4. The lowest BCUT2D eigenvalue weighted by molar-refractivity contribution is 0.0681. The van der Waals surface area contributed by atoms with Crippen LogP contribution in [0.15, 0.2) is 6.07 Å². The molecule has 1 fully saturated rings. The molecule has 0 bridgehead atoms. The second-order valence-corrected chi connectivity index (χ2v) is 4.23. The fourth-order valence-electron chi connectivity index (χ4n) is 2.19. The quantitative estimate of drug-likeness (QED) is 0.690. The molecule has 0 radical (unpaired) electrons. The van der Waals surface area contributed by atoms with Gasteiger partial charge < -0.3 is 15.5 Å². The van der Waals surface area contributed by atoms with Gasteiger partial charge >= 0.3 is 5.97 Å². The van der Waals surface area contributed by atoms with E-state index in [0.717, 1.165) is 31.6 Å². The second-order valence-electron chi connectivity index (χ2n) is 4.23. The van der Waals surface area contributed by atoms with E-state index in [-0.39, 0.29) is 18.8 Å². The first-order chi connectivity index (χ1) is 8.22. The maximum absolute atomic E-state index is 11.0. The molecule has 0 aliphatic carbocycles. The van der Waals surface area contributed by atoms with Gasteiger partial charge in [0.25, 0.3) is 0 Å². The van der Waals surface area contributed by atoms with Crippen LogP contribution in [0.25, 0.3) is 0 Å². The summed E-state index contributed by atoms with van der Waals surface area (Å²) in [7, 11) is 0. The number of carbonyl (C=O) groups is 1. The van der Waals surface area contributed by atoms with Gasteiger partial charge in [0.15, 0.2) is 0 Å². The molecule has 0 unspecified atom stereocenters. The molecule has 0 spiro atoms. The van der Waals surface area contributed by atoms with E-state index in [1.165, 1.54) is 4.68 Å². The Morgan fingerprint density at radius 2 is 2.24 bits per heavy atom. The molecule has 1 aliphatic heterocycles. The SMILES string of the molecule is O=C(O)c1cc(C2CCNCC2)nn1CCO. The zero-order valence-corrected chi connectivity index (χ0v) is 9.59. The summed E-state index contributed by atoms with van der Waals surface area (Å²) in [6.07, 6.45) is 1.96. The molecule has 0 atom stereocenters. The molecule has 0 aromatic carbocycles. The number of nitrogens with one attached hydrogen (secondary N) is 1. The maximum Gasteiger partial charge on any atom is 0.354 e. The van der Waals surface area contributed by atoms with Crippen LogP contribution in [0.4, 0.5) is 0 Å². The number of carboxylic acid groups (broad SMARTS) is 1. The first kappa shape index (κ1) is 12.1. The summed E-state index contributed by atoms with van der Waals surface area (Å²) in [5.74, 6) is -0.666. The fraction of sp³-hybridized carbons (Fsp3) is 0.636. The highest BCUT2D eigenvalue weighted by Crippen LogP contribution is 2.24. The molecule has 2 heterocycles. The molecule has 1 aromatic heterocycles. The first-order valence-electron chi connectivity index (χ1n) is 5.85. The van der Waals surface area contributed by atoms with Gasteiger partial charge in [-0.25, -0.2) is 4.79 Å². The molecular formula is C11H17N3O3. The predicted octanol–water partition coefficient (Wildman–Crippen LogP) is 0.0406. The number of hydrogen-bond donors (Lipinski definition) is 3. The Morgan fingerprint density at radius 3 is 2.82 bits per heavy atom. The van der Waals surface area contributed by atoms with Crippen LogP contribution in [-0.2, 0) is 6.54 Å². The highest BCUT2D eigenvalue weighted by Gasteiger charge is 2.21. The summed E-state index contributed by atoms with van der Waals surface area (Å²) in [6, 6.07) is 1.63. The molecule has 1 saturated heterocycles. The third-order valence-electron chi connectivity index (χ3n) is 3.09. The Balaban J connectivity index is 2.22. The maximum atomic E-state index is 11.0. The van der Waals surface area contributed by atoms with Crippen molar-refractivity contribution in [3.05, 3.63) is 17.5 Å². The van der Waals surface area contributed by atoms with Crippen molar-refractivity contribution in [2.24, 2.45) is 0 Å². The standard InChI is InChI=1S/C11H17N3O3/c15-6-5-14-10(11(16)17)7-9(13-14)8-1-3-12-4-2-8/h7-8,12,15H,1-6H2,(H,16,17). The second kappa shape index (κ2) is 5.29. The predicted molar refractivity (Wildman–Crippen MR) is 61.1 cm³/mol. The van der Waals surface area contributed by atoms with Crippen molar-refractivity contribution in [1.29, 1.82) is 0 Å². The first-order valence-corrected chi connectivity index (χ1v) is 5.85. The van der Waals surface area contributed by atoms with E-state index in [9.17, 15) is 4.79 Å². The Kier molecular flexibility index (Phi) is 3.75. The van der Waals surface area contributed by atoms with Crippen molar-refractivity contribution in [1.82, 2.24) is 15.1 Å². The third kappa shape index (κ3) is 2.65. The summed E-state index contributed by atoms with van der Waals surface area (Å²) in [4.78, 5) is 11.0. The molecule has 17 heavy (non-hydrogen) atoms. The number of carboxylic acids is 1. The average Bonchev–Trinajstić information content (AvgIpc) is 2.75. The summed E-state index contributed by atoms with van der Waals surface area (Å²) >= 11 is 0. The fourth-order valence-corrected chi connectivity index (χ4v) is 2.19. The number of piperidine rings is 1. The van der Waals surface area contributed by atoms with E-state index < -0.39 is 5.97 Å². The van der Waals surface area contributed by atoms with Crippen LogP contribution in [0.5, 0.6) is 0 Å². The van der Waals surface area contributed by atoms with E-state index in [2.05, 4.69) is 10.4 Å². The van der Waals surface area contributed by atoms with Crippen LogP contribution in [0, 0.1) is 0 Å². The van der Waals surface area contributed by atoms with Gasteiger partial charge in [0.1, 0.15) is 5.69 Å². The van der Waals surface area contributed by atoms with Crippen molar-refractivity contribution >= 4 is 5.97 Å². The van der Waals surface area contributed by atoms with Crippen LogP contribution >= 0.6 is 0 Å². The molecule has 6 nitrogen and oxygen atoms in total. The number of aromatic carboxylic acids is 1. The lowest BCUT2D eigenvalue weighted by Crippen LogP contribution is -2.26. The van der Waals surface area contributed by atoms with Gasteiger partial charge in [0.2, 0.25) is 0 Å². The normalized spacial score (nSPS) is 17.2. The lowest BCUT2D eigenvalue weighted by Gasteiger charge is -2.20. The van der Waals surface area contributed by atoms with Gasteiger partial charge in [-0.1, -0.05) is 0 Å². The van der Waals surface area contributed by atoms with E-state index in [1.807, 2.05) is 0 Å². The minimum Gasteiger partial charge on any atom is -0.477 e. The molecule has 3 N–H and O–H groups in total. The molecular weight excluding hydrogens is 222 g/mol. The van der Waals surface area contributed by atoms with Gasteiger partial charge in [-0.15, -0.1) is 0 Å². The smallest absolute Gasteiger partial charge is 0.354 e. The Labute approximate surface area is 99.3 Å². The number of hydrogen-bond acceptors (Lipinski definition) is 4. The van der Waals surface area contributed by atoms with Gasteiger partial charge in [-0.05, 0) is 32.0 Å². The minimum absolute atomic E-state index is 0.104. The number of rotatable bonds is 4. The van der Waals surface area contributed by atoms with E-state index >= 15 is 0 Å². The topological polar surface area (TPSA) is 87.4 Å². The molecule has 0 amide bonds. The van der Waals surface area contributed by atoms with Crippen molar-refractivity contribution in [2.75, 3.05) is 19.7 Å². The Morgan fingerprint density at radius 1 is 1.53 bits per heavy atom. The number of aliphatic hydroxyl groups is 1. The van der Waals surface area contributed by atoms with Crippen LogP contribution in [0.2, 0.25) is 0 Å². The highest BCUT2D eigenvalue weighted by molar-refractivity contribution is 5.85. The lowest BCUT2D eigenvalue weighted by atomic mass is 9.95. The summed E-state index contributed by atoms with van der Waals surface area (Å²) in [5, 5.41) is 25.5. The largest absolute Gasteiger partial charge is 0.477 e. The van der Waals surface area contributed by atoms with Gasteiger partial charge in [-0.2, -0.15) is 5.10 Å². The summed E-state index contributed by atoms with van der Waals surface area (Å²) < 4.78 is 1.37. The van der Waals surface area contributed by atoms with Gasteiger partial charge in [0, 0.05) is 5.92 Å². The van der Waals surface area contributed by atoms with E-state index in [1.54, 1.807) is 6.07 Å². The molecule has 94 valence electrons. The Hall–Kier alpha value is -1.40. The van der Waals surface area contributed by atoms with E-state index in [0.29, 0.717) is 5.92 Å². The molecule has 1 aliphatic rings. The van der Waals surface area contributed by atoms with Crippen LogP contribution in [-0.4, -0.2) is 45.7 Å². The summed E-state index contributed by atoms with van der Waals surface area (Å²) in [5.41, 5.74) is 0.991. The third-order valence-corrected chi connectivity index (χ3v) is 3.09. The monoisotopic (exact) mass is 239 g/mol. The van der Waals surface area contributed by atoms with Gasteiger partial charge in [0.05, 0.1) is 18.8 Å². The Bertz CT molecular complexity index is 397. The van der Waals surface area contributed by atoms with Crippen LogP contribution in [0.3, 0.4) is 0 Å². The molecule has 1 aromatic rings. The minimum atomic E-state index is -0.994. The number of aromatic nitrogens is 2. The molecule has 2 rings (SSSR count). The summed E-state index contributed by atoms with van der Waals surface area (Å²) in [6.45, 7) is 2.01. The van der Waals surface area contributed by atoms with Crippen molar-refractivity contribution in [3.63, 3.8) is 0 Å². The van der Waals surface area contributed by atoms with Crippen LogP contribution in [0.1, 0.15) is 34.9 Å². The van der Waals surface area contributed by atoms with Crippen molar-refractivity contribution in [2.45, 2.75) is 25.3 Å². The van der Waals surface area contributed by atoms with Crippen LogP contribution < -0.4 is 5.32 Å². The number of nitrogens with zero attached hydrogens (tertiary/aromatic N) is 2. The van der Waals surface area contributed by atoms with Crippen molar-refractivity contribution in [3.8, 4) is 0 Å². The average molecular weight is 239 g/mol. The zero-order valence-electron chi connectivity index (χ0n) is 9.59. The van der Waals surface area contributed by atoms with Crippen molar-refractivity contribution < 1.29 is 15.0 Å². The number of aliphatic hydroxyl groups excluding tert-OH is 1. The van der Waals surface area contributed by atoms with Gasteiger partial charge in [-0.3, -0.25) is 4.68 Å². The molecule has 0 saturated carbocycles.